The number of ether oxygens (including phenoxy) is 1. The first-order valence-electron chi connectivity index (χ1n) is 7.28. The summed E-state index contributed by atoms with van der Waals surface area (Å²) in [5.74, 6) is 0. The minimum atomic E-state index is -3.51. The molecule has 3 rings (SSSR count). The zero-order chi connectivity index (χ0) is 14.9. The molecule has 0 spiro atoms. The van der Waals surface area contributed by atoms with Gasteiger partial charge in [0.15, 0.2) is 0 Å². The molecule has 1 saturated heterocycles. The lowest BCUT2D eigenvalue weighted by atomic mass is 10.4. The van der Waals surface area contributed by atoms with Crippen LogP contribution in [0.15, 0.2) is 17.2 Å². The topological polar surface area (TPSA) is 75.6 Å². The predicted molar refractivity (Wildman–Crippen MR) is 78.0 cm³/mol. The summed E-state index contributed by atoms with van der Waals surface area (Å²) in [4.78, 5) is 2.93. The fraction of sp³-hybridized carbons (Fsp3) is 0.692. The van der Waals surface area contributed by atoms with Gasteiger partial charge in [0, 0.05) is 44.6 Å². The van der Waals surface area contributed by atoms with Gasteiger partial charge in [-0.25, -0.2) is 13.4 Å². The number of nitrogens with zero attached hydrogens (tertiary/aromatic N) is 2. The second-order valence-electron chi connectivity index (χ2n) is 5.63. The highest BCUT2D eigenvalue weighted by atomic mass is 32.2. The Morgan fingerprint density at radius 3 is 2.71 bits per heavy atom. The van der Waals surface area contributed by atoms with E-state index in [1.54, 1.807) is 17.3 Å². The summed E-state index contributed by atoms with van der Waals surface area (Å²) >= 11 is 0. The molecule has 1 aromatic rings. The summed E-state index contributed by atoms with van der Waals surface area (Å²) in [7, 11) is -1.64. The number of rotatable bonds is 6. The highest BCUT2D eigenvalue weighted by Crippen LogP contribution is 2.20. The lowest BCUT2D eigenvalue weighted by molar-refractivity contribution is 0.0272. The average molecular weight is 314 g/mol. The molecular weight excluding hydrogens is 292 g/mol. The van der Waals surface area contributed by atoms with Gasteiger partial charge in [0.2, 0.25) is 0 Å². The summed E-state index contributed by atoms with van der Waals surface area (Å²) in [6, 6.07) is 2.34. The van der Waals surface area contributed by atoms with E-state index in [0.717, 1.165) is 5.69 Å². The number of morpholine rings is 1. The van der Waals surface area contributed by atoms with Crippen LogP contribution in [0.1, 0.15) is 18.5 Å². The fourth-order valence-electron chi connectivity index (χ4n) is 2.31. The van der Waals surface area contributed by atoms with Gasteiger partial charge in [0.1, 0.15) is 4.90 Å². The standard InChI is InChI=1S/C13H22N4O3S/c1-16-10-13(8-12(16)9-14-11-2-3-11)21(18,19)15-17-4-6-20-7-5-17/h8,10-11,14-15H,2-7,9H2,1H3. The van der Waals surface area contributed by atoms with Gasteiger partial charge in [-0.3, -0.25) is 0 Å². The van der Waals surface area contributed by atoms with Gasteiger partial charge in [0.25, 0.3) is 10.0 Å². The zero-order valence-corrected chi connectivity index (χ0v) is 13.0. The van der Waals surface area contributed by atoms with Crippen LogP contribution < -0.4 is 10.1 Å². The Labute approximate surface area is 125 Å². The summed E-state index contributed by atoms with van der Waals surface area (Å²) in [5.41, 5.74) is 0.976. The van der Waals surface area contributed by atoms with Crippen LogP contribution >= 0.6 is 0 Å². The van der Waals surface area contributed by atoms with E-state index in [1.807, 2.05) is 11.6 Å². The lowest BCUT2D eigenvalue weighted by Crippen LogP contribution is -2.48. The SMILES string of the molecule is Cn1cc(S(=O)(=O)NN2CCOCC2)cc1CNC1CC1. The summed E-state index contributed by atoms with van der Waals surface area (Å²) in [5, 5.41) is 5.09. The monoisotopic (exact) mass is 314 g/mol. The van der Waals surface area contributed by atoms with Crippen molar-refractivity contribution in [2.45, 2.75) is 30.3 Å². The number of hydrazine groups is 1. The van der Waals surface area contributed by atoms with Crippen molar-refractivity contribution < 1.29 is 13.2 Å². The predicted octanol–water partition coefficient (Wildman–Crippen LogP) is -0.197. The molecule has 0 amide bonds. The molecular formula is C13H22N4O3S. The molecule has 118 valence electrons. The van der Waals surface area contributed by atoms with E-state index in [0.29, 0.717) is 43.8 Å². The van der Waals surface area contributed by atoms with Crippen molar-refractivity contribution in [3.05, 3.63) is 18.0 Å². The van der Waals surface area contributed by atoms with E-state index in [-0.39, 0.29) is 0 Å². The van der Waals surface area contributed by atoms with Gasteiger partial charge in [-0.15, -0.1) is 4.83 Å². The van der Waals surface area contributed by atoms with Crippen LogP contribution in [0.4, 0.5) is 0 Å². The number of aromatic nitrogens is 1. The van der Waals surface area contributed by atoms with Crippen LogP contribution in [-0.4, -0.2) is 50.3 Å². The fourth-order valence-corrected chi connectivity index (χ4v) is 3.53. The Morgan fingerprint density at radius 1 is 1.33 bits per heavy atom. The van der Waals surface area contributed by atoms with Crippen LogP contribution in [0.5, 0.6) is 0 Å². The first-order valence-corrected chi connectivity index (χ1v) is 8.77. The maximum absolute atomic E-state index is 12.4. The summed E-state index contributed by atoms with van der Waals surface area (Å²) in [6.07, 6.45) is 4.09. The van der Waals surface area contributed by atoms with Crippen LogP contribution in [0.25, 0.3) is 0 Å². The van der Waals surface area contributed by atoms with E-state index in [9.17, 15) is 8.42 Å². The first kappa shape index (κ1) is 15.0. The molecule has 0 aromatic carbocycles. The van der Waals surface area contributed by atoms with Crippen LogP contribution in [0.2, 0.25) is 0 Å². The van der Waals surface area contributed by atoms with Gasteiger partial charge in [-0.05, 0) is 18.9 Å². The number of hydrogen-bond acceptors (Lipinski definition) is 5. The van der Waals surface area contributed by atoms with Gasteiger partial charge in [-0.1, -0.05) is 0 Å². The van der Waals surface area contributed by atoms with Gasteiger partial charge < -0.3 is 14.6 Å². The summed E-state index contributed by atoms with van der Waals surface area (Å²) in [6.45, 7) is 2.94. The van der Waals surface area contributed by atoms with Crippen molar-refractivity contribution in [1.29, 1.82) is 0 Å². The van der Waals surface area contributed by atoms with Crippen LogP contribution in [0.3, 0.4) is 0 Å². The third kappa shape index (κ3) is 3.83. The maximum Gasteiger partial charge on any atom is 0.254 e. The van der Waals surface area contributed by atoms with E-state index >= 15 is 0 Å². The molecule has 1 aliphatic carbocycles. The molecule has 1 saturated carbocycles. The summed E-state index contributed by atoms with van der Waals surface area (Å²) < 4.78 is 31.9. The van der Waals surface area contributed by atoms with Crippen LogP contribution in [-0.2, 0) is 28.4 Å². The molecule has 2 fully saturated rings. The second-order valence-corrected chi connectivity index (χ2v) is 7.29. The number of nitrogens with one attached hydrogen (secondary N) is 2. The van der Waals surface area contributed by atoms with E-state index < -0.39 is 10.0 Å². The van der Waals surface area contributed by atoms with Crippen LogP contribution in [0, 0.1) is 0 Å². The molecule has 7 nitrogen and oxygen atoms in total. The number of hydrogen-bond donors (Lipinski definition) is 2. The molecule has 1 aromatic heterocycles. The van der Waals surface area contributed by atoms with Crippen molar-refractivity contribution in [1.82, 2.24) is 19.7 Å². The number of aryl methyl sites for hydroxylation is 1. The highest BCUT2D eigenvalue weighted by molar-refractivity contribution is 7.89. The van der Waals surface area contributed by atoms with E-state index in [4.69, 9.17) is 4.74 Å². The maximum atomic E-state index is 12.4. The van der Waals surface area contributed by atoms with Gasteiger partial charge >= 0.3 is 0 Å². The Balaban J connectivity index is 1.67. The van der Waals surface area contributed by atoms with Crippen molar-refractivity contribution >= 4 is 10.0 Å². The largest absolute Gasteiger partial charge is 0.379 e. The lowest BCUT2D eigenvalue weighted by Gasteiger charge is -2.26. The molecule has 0 unspecified atom stereocenters. The Hall–Kier alpha value is -0.930. The quantitative estimate of drug-likeness (QED) is 0.761. The van der Waals surface area contributed by atoms with Crippen molar-refractivity contribution in [3.8, 4) is 0 Å². The smallest absolute Gasteiger partial charge is 0.254 e. The molecule has 2 heterocycles. The Kier molecular flexibility index (Phi) is 4.32. The normalized spacial score (nSPS) is 20.8. The molecule has 2 aliphatic rings. The third-order valence-electron chi connectivity index (χ3n) is 3.80. The molecule has 0 atom stereocenters. The third-order valence-corrected chi connectivity index (χ3v) is 5.15. The second kappa shape index (κ2) is 6.05. The van der Waals surface area contributed by atoms with Crippen molar-refractivity contribution in [2.75, 3.05) is 26.3 Å². The molecule has 21 heavy (non-hydrogen) atoms. The molecule has 2 N–H and O–H groups in total. The Morgan fingerprint density at radius 2 is 2.05 bits per heavy atom. The molecule has 1 aliphatic heterocycles. The average Bonchev–Trinajstić information content (AvgIpc) is 3.20. The zero-order valence-electron chi connectivity index (χ0n) is 12.2. The van der Waals surface area contributed by atoms with E-state index in [2.05, 4.69) is 10.1 Å². The van der Waals surface area contributed by atoms with Gasteiger partial charge in [-0.2, -0.15) is 0 Å². The van der Waals surface area contributed by atoms with E-state index in [1.165, 1.54) is 12.8 Å². The molecule has 8 heteroatoms. The minimum Gasteiger partial charge on any atom is -0.379 e. The van der Waals surface area contributed by atoms with Gasteiger partial charge in [0.05, 0.1) is 13.2 Å². The minimum absolute atomic E-state index is 0.309. The number of sulfonamides is 1. The van der Waals surface area contributed by atoms with Crippen molar-refractivity contribution in [3.63, 3.8) is 0 Å². The molecule has 0 bridgehead atoms. The van der Waals surface area contributed by atoms with Crippen molar-refractivity contribution in [2.24, 2.45) is 7.05 Å². The molecule has 0 radical (unpaired) electrons. The first-order chi connectivity index (χ1) is 10.0. The Bertz CT molecular complexity index is 589. The highest BCUT2D eigenvalue weighted by Gasteiger charge is 2.24.